The summed E-state index contributed by atoms with van der Waals surface area (Å²) in [4.78, 5) is 25.6. The maximum Gasteiger partial charge on any atom is 0.306 e. The molecular formula is C16H21NO4. The molecule has 3 rings (SSSR count). The molecule has 0 aliphatic heterocycles. The van der Waals surface area contributed by atoms with Gasteiger partial charge < -0.3 is 14.4 Å². The predicted molar refractivity (Wildman–Crippen MR) is 75.4 cm³/mol. The summed E-state index contributed by atoms with van der Waals surface area (Å²) in [5, 5.41) is 9.03. The van der Waals surface area contributed by atoms with E-state index in [0.717, 1.165) is 18.6 Å². The Hall–Kier alpha value is -1.78. The lowest BCUT2D eigenvalue weighted by Gasteiger charge is -2.30. The van der Waals surface area contributed by atoms with Crippen molar-refractivity contribution in [2.24, 2.45) is 11.8 Å². The van der Waals surface area contributed by atoms with Crippen LogP contribution in [0.3, 0.4) is 0 Å². The number of carboxylic acid groups (broad SMARTS) is 1. The quantitative estimate of drug-likeness (QED) is 0.905. The third kappa shape index (κ3) is 3.28. The van der Waals surface area contributed by atoms with Crippen LogP contribution in [-0.2, 0) is 16.1 Å². The SMILES string of the molecule is O=C(O)C1CCC(C(=O)N(Cc2ccco2)C2CC2)CC1. The maximum absolute atomic E-state index is 12.7. The molecule has 5 nitrogen and oxygen atoms in total. The molecule has 1 N–H and O–H groups in total. The van der Waals surface area contributed by atoms with Crippen LogP contribution in [0.15, 0.2) is 22.8 Å². The lowest BCUT2D eigenvalue weighted by atomic mass is 9.81. The van der Waals surface area contributed by atoms with E-state index in [4.69, 9.17) is 9.52 Å². The summed E-state index contributed by atoms with van der Waals surface area (Å²) in [6.45, 7) is 0.537. The Morgan fingerprint density at radius 2 is 1.81 bits per heavy atom. The van der Waals surface area contributed by atoms with E-state index in [-0.39, 0.29) is 17.7 Å². The Morgan fingerprint density at radius 3 is 2.33 bits per heavy atom. The fourth-order valence-electron chi connectivity index (χ4n) is 3.17. The first-order chi connectivity index (χ1) is 10.1. The lowest BCUT2D eigenvalue weighted by molar-refractivity contribution is -0.146. The van der Waals surface area contributed by atoms with Gasteiger partial charge in [-0.2, -0.15) is 0 Å². The first-order valence-corrected chi connectivity index (χ1v) is 7.71. The van der Waals surface area contributed by atoms with Gasteiger partial charge in [0.05, 0.1) is 18.7 Å². The Labute approximate surface area is 123 Å². The van der Waals surface area contributed by atoms with Gasteiger partial charge in [-0.05, 0) is 50.7 Å². The zero-order valence-electron chi connectivity index (χ0n) is 12.0. The van der Waals surface area contributed by atoms with Gasteiger partial charge >= 0.3 is 5.97 Å². The molecule has 1 amide bonds. The molecule has 2 fully saturated rings. The molecule has 0 atom stereocenters. The molecule has 114 valence electrons. The fourth-order valence-corrected chi connectivity index (χ4v) is 3.17. The van der Waals surface area contributed by atoms with Gasteiger partial charge in [0.2, 0.25) is 5.91 Å². The first kappa shape index (κ1) is 14.2. The molecular weight excluding hydrogens is 270 g/mol. The average molecular weight is 291 g/mol. The summed E-state index contributed by atoms with van der Waals surface area (Å²) in [5.74, 6) is -0.0209. The van der Waals surface area contributed by atoms with E-state index in [9.17, 15) is 9.59 Å². The Balaban J connectivity index is 1.61. The van der Waals surface area contributed by atoms with Gasteiger partial charge in [-0.15, -0.1) is 0 Å². The van der Waals surface area contributed by atoms with E-state index in [1.165, 1.54) is 0 Å². The molecule has 2 aliphatic carbocycles. The monoisotopic (exact) mass is 291 g/mol. The van der Waals surface area contributed by atoms with Gasteiger partial charge in [0, 0.05) is 12.0 Å². The molecule has 2 aliphatic rings. The molecule has 0 aromatic carbocycles. The van der Waals surface area contributed by atoms with Crippen LogP contribution in [0.1, 0.15) is 44.3 Å². The van der Waals surface area contributed by atoms with Crippen LogP contribution >= 0.6 is 0 Å². The zero-order valence-corrected chi connectivity index (χ0v) is 12.0. The van der Waals surface area contributed by atoms with Gasteiger partial charge in [-0.3, -0.25) is 9.59 Å². The zero-order chi connectivity index (χ0) is 14.8. The smallest absolute Gasteiger partial charge is 0.306 e. The molecule has 1 aromatic heterocycles. The van der Waals surface area contributed by atoms with Crippen molar-refractivity contribution in [3.63, 3.8) is 0 Å². The van der Waals surface area contributed by atoms with E-state index < -0.39 is 5.97 Å². The summed E-state index contributed by atoms with van der Waals surface area (Å²) < 4.78 is 5.36. The van der Waals surface area contributed by atoms with Gasteiger partial charge in [0.15, 0.2) is 0 Å². The van der Waals surface area contributed by atoms with E-state index in [2.05, 4.69) is 0 Å². The van der Waals surface area contributed by atoms with Crippen LogP contribution in [0.25, 0.3) is 0 Å². The Bertz CT molecular complexity index is 498. The molecule has 1 aromatic rings. The largest absolute Gasteiger partial charge is 0.481 e. The summed E-state index contributed by atoms with van der Waals surface area (Å²) in [6, 6.07) is 4.08. The summed E-state index contributed by atoms with van der Waals surface area (Å²) in [5.41, 5.74) is 0. The molecule has 0 unspecified atom stereocenters. The first-order valence-electron chi connectivity index (χ1n) is 7.71. The number of carbonyl (C=O) groups excluding carboxylic acids is 1. The Morgan fingerprint density at radius 1 is 1.14 bits per heavy atom. The number of carbonyl (C=O) groups is 2. The summed E-state index contributed by atoms with van der Waals surface area (Å²) >= 11 is 0. The highest BCUT2D eigenvalue weighted by Crippen LogP contribution is 2.35. The third-order valence-electron chi connectivity index (χ3n) is 4.60. The van der Waals surface area contributed by atoms with Crippen LogP contribution in [0.4, 0.5) is 0 Å². The van der Waals surface area contributed by atoms with Gasteiger partial charge in [-0.1, -0.05) is 0 Å². The number of aliphatic carboxylic acids is 1. The molecule has 1 heterocycles. The highest BCUT2D eigenvalue weighted by Gasteiger charge is 2.38. The van der Waals surface area contributed by atoms with Crippen molar-refractivity contribution in [2.75, 3.05) is 0 Å². The molecule has 2 saturated carbocycles. The number of hydrogen-bond acceptors (Lipinski definition) is 3. The van der Waals surface area contributed by atoms with E-state index in [0.29, 0.717) is 38.3 Å². The number of rotatable bonds is 5. The molecule has 0 spiro atoms. The lowest BCUT2D eigenvalue weighted by Crippen LogP contribution is -2.39. The predicted octanol–water partition coefficient (Wildman–Crippen LogP) is 2.66. The second kappa shape index (κ2) is 5.92. The van der Waals surface area contributed by atoms with Crippen molar-refractivity contribution in [1.82, 2.24) is 4.90 Å². The molecule has 5 heteroatoms. The highest BCUT2D eigenvalue weighted by molar-refractivity contribution is 5.80. The average Bonchev–Trinajstić information content (AvgIpc) is 3.20. The van der Waals surface area contributed by atoms with Gasteiger partial charge in [0.25, 0.3) is 0 Å². The second-order valence-corrected chi connectivity index (χ2v) is 6.16. The standard InChI is InChI=1S/C16H21NO4/c18-15(11-3-5-12(6-4-11)16(19)20)17(13-7-8-13)10-14-2-1-9-21-14/h1-2,9,11-13H,3-8,10H2,(H,19,20). The van der Waals surface area contributed by atoms with Crippen LogP contribution in [0.5, 0.6) is 0 Å². The number of carboxylic acids is 1. The van der Waals surface area contributed by atoms with Gasteiger partial charge in [0.1, 0.15) is 5.76 Å². The van der Waals surface area contributed by atoms with Crippen molar-refractivity contribution in [2.45, 2.75) is 51.1 Å². The molecule has 0 bridgehead atoms. The van der Waals surface area contributed by atoms with E-state index in [1.807, 2.05) is 17.0 Å². The van der Waals surface area contributed by atoms with E-state index >= 15 is 0 Å². The van der Waals surface area contributed by atoms with Crippen LogP contribution in [-0.4, -0.2) is 27.9 Å². The molecule has 0 radical (unpaired) electrons. The van der Waals surface area contributed by atoms with Crippen LogP contribution in [0.2, 0.25) is 0 Å². The minimum absolute atomic E-state index is 0.0174. The number of amides is 1. The van der Waals surface area contributed by atoms with Gasteiger partial charge in [-0.25, -0.2) is 0 Å². The Kier molecular flexibility index (Phi) is 3.99. The van der Waals surface area contributed by atoms with Crippen molar-refractivity contribution in [3.05, 3.63) is 24.2 Å². The fraction of sp³-hybridized carbons (Fsp3) is 0.625. The minimum atomic E-state index is -0.726. The third-order valence-corrected chi connectivity index (χ3v) is 4.60. The van der Waals surface area contributed by atoms with E-state index in [1.54, 1.807) is 6.26 Å². The van der Waals surface area contributed by atoms with Crippen molar-refractivity contribution < 1.29 is 19.1 Å². The number of nitrogens with zero attached hydrogens (tertiary/aromatic N) is 1. The van der Waals surface area contributed by atoms with Crippen molar-refractivity contribution >= 4 is 11.9 Å². The van der Waals surface area contributed by atoms with Crippen LogP contribution < -0.4 is 0 Å². The summed E-state index contributed by atoms with van der Waals surface area (Å²) in [6.07, 6.45) is 6.38. The van der Waals surface area contributed by atoms with Crippen molar-refractivity contribution in [1.29, 1.82) is 0 Å². The maximum atomic E-state index is 12.7. The topological polar surface area (TPSA) is 70.8 Å². The number of furan rings is 1. The normalized spacial score (nSPS) is 25.5. The minimum Gasteiger partial charge on any atom is -0.481 e. The number of hydrogen-bond donors (Lipinski definition) is 1. The highest BCUT2D eigenvalue weighted by atomic mass is 16.4. The van der Waals surface area contributed by atoms with Crippen LogP contribution in [0, 0.1) is 11.8 Å². The molecule has 21 heavy (non-hydrogen) atoms. The van der Waals surface area contributed by atoms with Crippen molar-refractivity contribution in [3.8, 4) is 0 Å². The second-order valence-electron chi connectivity index (χ2n) is 6.16. The molecule has 0 saturated heterocycles. The summed E-state index contributed by atoms with van der Waals surface area (Å²) in [7, 11) is 0.